The maximum Gasteiger partial charge on any atom is 0.160 e. The molecule has 19 heavy (non-hydrogen) atoms. The van der Waals surface area contributed by atoms with Crippen LogP contribution in [0.2, 0.25) is 0 Å². The number of carbonyl (C=O) groups excluding carboxylic acids is 1. The van der Waals surface area contributed by atoms with E-state index in [9.17, 15) is 4.79 Å². The van der Waals surface area contributed by atoms with E-state index >= 15 is 0 Å². The number of Topliss-reactive ketones (excluding diaryl/α,β-unsaturated/α-hetero) is 1. The van der Waals surface area contributed by atoms with Crippen LogP contribution in [-0.4, -0.2) is 5.78 Å². The second-order valence-electron chi connectivity index (χ2n) is 4.52. The fraction of sp³-hybridized carbons (Fsp3) is 0.188. The van der Waals surface area contributed by atoms with Crippen molar-refractivity contribution in [3.05, 3.63) is 59.2 Å². The number of ketones is 1. The van der Waals surface area contributed by atoms with Gasteiger partial charge in [0.25, 0.3) is 0 Å². The smallest absolute Gasteiger partial charge is 0.160 e. The lowest BCUT2D eigenvalue weighted by Gasteiger charge is -2.10. The van der Waals surface area contributed by atoms with Gasteiger partial charge in [0.2, 0.25) is 0 Å². The molecule has 0 radical (unpaired) electrons. The highest BCUT2D eigenvalue weighted by Gasteiger charge is 2.05. The molecule has 0 aliphatic carbocycles. The highest BCUT2D eigenvalue weighted by Crippen LogP contribution is 2.20. The third-order valence-corrected chi connectivity index (χ3v) is 3.03. The van der Waals surface area contributed by atoms with E-state index in [-0.39, 0.29) is 5.78 Å². The summed E-state index contributed by atoms with van der Waals surface area (Å²) in [5, 5.41) is 0. The van der Waals surface area contributed by atoms with Crippen LogP contribution in [0, 0.1) is 6.92 Å². The van der Waals surface area contributed by atoms with Crippen molar-refractivity contribution in [3.8, 4) is 5.75 Å². The van der Waals surface area contributed by atoms with Gasteiger partial charge in [0.1, 0.15) is 12.4 Å². The summed E-state index contributed by atoms with van der Waals surface area (Å²) in [6.07, 6.45) is 0. The van der Waals surface area contributed by atoms with E-state index in [2.05, 4.69) is 0 Å². The van der Waals surface area contributed by atoms with Crippen molar-refractivity contribution in [2.24, 2.45) is 0 Å². The van der Waals surface area contributed by atoms with Gasteiger partial charge in [0, 0.05) is 16.8 Å². The predicted octanol–water partition coefficient (Wildman–Crippen LogP) is 3.36. The number of anilines is 1. The number of aryl methyl sites for hydroxylation is 1. The van der Waals surface area contributed by atoms with Gasteiger partial charge in [0.05, 0.1) is 0 Å². The van der Waals surface area contributed by atoms with Crippen molar-refractivity contribution in [1.82, 2.24) is 0 Å². The Morgan fingerprint density at radius 1 is 1.21 bits per heavy atom. The largest absolute Gasteiger partial charge is 0.489 e. The maximum absolute atomic E-state index is 11.3. The quantitative estimate of drug-likeness (QED) is 0.673. The monoisotopic (exact) mass is 255 g/mol. The number of nitrogens with two attached hydrogens (primary N) is 1. The number of hydrogen-bond acceptors (Lipinski definition) is 3. The van der Waals surface area contributed by atoms with Crippen LogP contribution < -0.4 is 10.5 Å². The number of ether oxygens (including phenoxy) is 1. The molecule has 2 aromatic carbocycles. The van der Waals surface area contributed by atoms with E-state index in [1.165, 1.54) is 0 Å². The number of nitrogen functional groups attached to an aromatic ring is 1. The summed E-state index contributed by atoms with van der Waals surface area (Å²) in [5.41, 5.74) is 9.18. The van der Waals surface area contributed by atoms with E-state index < -0.39 is 0 Å². The first-order valence-corrected chi connectivity index (χ1v) is 6.15. The van der Waals surface area contributed by atoms with Crippen molar-refractivity contribution in [2.75, 3.05) is 5.73 Å². The third kappa shape index (κ3) is 3.13. The van der Waals surface area contributed by atoms with Crippen LogP contribution in [0.4, 0.5) is 5.69 Å². The molecule has 0 aliphatic rings. The normalized spacial score (nSPS) is 10.2. The molecule has 0 unspecified atom stereocenters. The van der Waals surface area contributed by atoms with Gasteiger partial charge in [-0.15, -0.1) is 0 Å². The van der Waals surface area contributed by atoms with Gasteiger partial charge >= 0.3 is 0 Å². The topological polar surface area (TPSA) is 52.3 Å². The van der Waals surface area contributed by atoms with Crippen molar-refractivity contribution >= 4 is 11.5 Å². The number of benzene rings is 2. The van der Waals surface area contributed by atoms with Crippen LogP contribution >= 0.6 is 0 Å². The Morgan fingerprint density at radius 2 is 1.95 bits per heavy atom. The number of carbonyl (C=O) groups is 1. The summed E-state index contributed by atoms with van der Waals surface area (Å²) in [4.78, 5) is 11.3. The fourth-order valence-corrected chi connectivity index (χ4v) is 1.95. The zero-order chi connectivity index (χ0) is 13.8. The SMILES string of the molecule is CC(=O)c1ccc(OCc2ccccc2N)cc1C. The lowest BCUT2D eigenvalue weighted by atomic mass is 10.1. The number of hydrogen-bond donors (Lipinski definition) is 1. The molecular formula is C16H17NO2. The molecule has 0 aliphatic heterocycles. The van der Waals surface area contributed by atoms with Crippen LogP contribution in [0.3, 0.4) is 0 Å². The molecule has 0 spiro atoms. The molecule has 3 nitrogen and oxygen atoms in total. The summed E-state index contributed by atoms with van der Waals surface area (Å²) in [6.45, 7) is 3.89. The van der Waals surface area contributed by atoms with Crippen LogP contribution in [0.5, 0.6) is 5.75 Å². The van der Waals surface area contributed by atoms with Gasteiger partial charge in [-0.1, -0.05) is 18.2 Å². The molecular weight excluding hydrogens is 238 g/mol. The van der Waals surface area contributed by atoms with Gasteiger partial charge in [-0.2, -0.15) is 0 Å². The first-order valence-electron chi connectivity index (χ1n) is 6.15. The van der Waals surface area contributed by atoms with Crippen molar-refractivity contribution in [3.63, 3.8) is 0 Å². The van der Waals surface area contributed by atoms with E-state index in [1.54, 1.807) is 13.0 Å². The minimum absolute atomic E-state index is 0.0661. The number of para-hydroxylation sites is 1. The molecule has 2 N–H and O–H groups in total. The minimum atomic E-state index is 0.0661. The standard InChI is InChI=1S/C16H17NO2/c1-11-9-14(7-8-15(11)12(2)18)19-10-13-5-3-4-6-16(13)17/h3-9H,10,17H2,1-2H3. The second kappa shape index (κ2) is 5.57. The van der Waals surface area contributed by atoms with Crippen LogP contribution in [0.15, 0.2) is 42.5 Å². The molecule has 2 aromatic rings. The first kappa shape index (κ1) is 13.1. The lowest BCUT2D eigenvalue weighted by molar-refractivity contribution is 0.101. The second-order valence-corrected chi connectivity index (χ2v) is 4.52. The Labute approximate surface area is 113 Å². The summed E-state index contributed by atoms with van der Waals surface area (Å²) in [6, 6.07) is 13.1. The van der Waals surface area contributed by atoms with Crippen LogP contribution in [0.25, 0.3) is 0 Å². The Hall–Kier alpha value is -2.29. The third-order valence-electron chi connectivity index (χ3n) is 3.03. The van der Waals surface area contributed by atoms with E-state index in [0.717, 1.165) is 28.1 Å². The van der Waals surface area contributed by atoms with Gasteiger partial charge in [-0.3, -0.25) is 4.79 Å². The average Bonchev–Trinajstić information content (AvgIpc) is 2.37. The molecule has 0 saturated carbocycles. The van der Waals surface area contributed by atoms with Gasteiger partial charge in [-0.25, -0.2) is 0 Å². The van der Waals surface area contributed by atoms with Gasteiger partial charge < -0.3 is 10.5 Å². The Kier molecular flexibility index (Phi) is 3.85. The zero-order valence-corrected chi connectivity index (χ0v) is 11.1. The lowest BCUT2D eigenvalue weighted by Crippen LogP contribution is -2.01. The zero-order valence-electron chi connectivity index (χ0n) is 11.1. The van der Waals surface area contributed by atoms with Gasteiger partial charge in [-0.05, 0) is 43.7 Å². The van der Waals surface area contributed by atoms with Gasteiger partial charge in [0.15, 0.2) is 5.78 Å². The molecule has 0 aromatic heterocycles. The minimum Gasteiger partial charge on any atom is -0.489 e. The van der Waals surface area contributed by atoms with E-state index in [1.807, 2.05) is 43.3 Å². The predicted molar refractivity (Wildman–Crippen MR) is 76.4 cm³/mol. The Morgan fingerprint density at radius 3 is 2.58 bits per heavy atom. The number of rotatable bonds is 4. The molecule has 2 rings (SSSR count). The molecule has 0 heterocycles. The molecule has 98 valence electrons. The summed E-state index contributed by atoms with van der Waals surface area (Å²) in [5.74, 6) is 0.808. The van der Waals surface area contributed by atoms with E-state index in [0.29, 0.717) is 6.61 Å². The Bertz CT molecular complexity index is 605. The summed E-state index contributed by atoms with van der Waals surface area (Å²) >= 11 is 0. The maximum atomic E-state index is 11.3. The van der Waals surface area contributed by atoms with Crippen molar-refractivity contribution in [2.45, 2.75) is 20.5 Å². The van der Waals surface area contributed by atoms with Crippen molar-refractivity contribution in [1.29, 1.82) is 0 Å². The van der Waals surface area contributed by atoms with Crippen LogP contribution in [0.1, 0.15) is 28.4 Å². The van der Waals surface area contributed by atoms with Crippen molar-refractivity contribution < 1.29 is 9.53 Å². The molecule has 0 atom stereocenters. The molecule has 0 saturated heterocycles. The summed E-state index contributed by atoms with van der Waals surface area (Å²) in [7, 11) is 0. The highest BCUT2D eigenvalue weighted by atomic mass is 16.5. The van der Waals surface area contributed by atoms with E-state index in [4.69, 9.17) is 10.5 Å². The molecule has 3 heteroatoms. The first-order chi connectivity index (χ1) is 9.08. The fourth-order valence-electron chi connectivity index (χ4n) is 1.95. The molecule has 0 fully saturated rings. The summed E-state index contributed by atoms with van der Waals surface area (Å²) < 4.78 is 5.70. The highest BCUT2D eigenvalue weighted by molar-refractivity contribution is 5.95. The molecule has 0 bridgehead atoms. The molecule has 0 amide bonds. The average molecular weight is 255 g/mol. The Balaban J connectivity index is 2.11. The van der Waals surface area contributed by atoms with Crippen LogP contribution in [-0.2, 0) is 6.61 Å².